The van der Waals surface area contributed by atoms with Crippen LogP contribution in [0.1, 0.15) is 25.7 Å². The summed E-state index contributed by atoms with van der Waals surface area (Å²) in [5, 5.41) is 25.3. The minimum atomic E-state index is -1.45. The number of aliphatic carboxylic acids is 1. The zero-order valence-corrected chi connectivity index (χ0v) is 13.9. The van der Waals surface area contributed by atoms with Crippen LogP contribution in [0.5, 0.6) is 0 Å². The zero-order chi connectivity index (χ0) is 18.8. The van der Waals surface area contributed by atoms with Gasteiger partial charge in [-0.25, -0.2) is 9.59 Å². The molecule has 0 radical (unpaired) electrons. The lowest BCUT2D eigenvalue weighted by Crippen LogP contribution is -2.31. The van der Waals surface area contributed by atoms with Crippen LogP contribution in [0, 0.1) is 0 Å². The summed E-state index contributed by atoms with van der Waals surface area (Å²) in [6.07, 6.45) is 4.77. The molecule has 3 atom stereocenters. The highest BCUT2D eigenvalue weighted by Gasteiger charge is 2.30. The molecule has 1 fully saturated rings. The molecule has 2 rings (SSSR count). The fourth-order valence-electron chi connectivity index (χ4n) is 2.39. The summed E-state index contributed by atoms with van der Waals surface area (Å²) in [6, 6.07) is 0. The summed E-state index contributed by atoms with van der Waals surface area (Å²) in [7, 11) is 1.00. The SMILES string of the molecule is CO.O=CCC(O)C(=O)OCC1CCC(N2C=CCC(C(=O)O)=C2)O1. The Hall–Kier alpha value is -2.23. The van der Waals surface area contributed by atoms with Crippen LogP contribution in [0.4, 0.5) is 0 Å². The largest absolute Gasteiger partial charge is 0.478 e. The van der Waals surface area contributed by atoms with Crippen LogP contribution in [0.2, 0.25) is 0 Å². The number of aldehydes is 1. The number of aliphatic hydroxyl groups is 2. The number of ether oxygens (including phenoxy) is 2. The number of esters is 1. The second-order valence-corrected chi connectivity index (χ2v) is 5.33. The Morgan fingerprint density at radius 1 is 1.44 bits per heavy atom. The Bertz CT molecular complexity index is 530. The van der Waals surface area contributed by atoms with Gasteiger partial charge in [0, 0.05) is 32.4 Å². The zero-order valence-electron chi connectivity index (χ0n) is 13.9. The van der Waals surface area contributed by atoms with Crippen molar-refractivity contribution < 1.29 is 39.2 Å². The molecule has 25 heavy (non-hydrogen) atoms. The lowest BCUT2D eigenvalue weighted by atomic mass is 10.1. The minimum Gasteiger partial charge on any atom is -0.478 e. The van der Waals surface area contributed by atoms with Gasteiger partial charge in [-0.05, 0) is 12.8 Å². The van der Waals surface area contributed by atoms with Gasteiger partial charge in [0.1, 0.15) is 19.1 Å². The number of aliphatic hydroxyl groups excluding tert-OH is 2. The van der Waals surface area contributed by atoms with Crippen molar-refractivity contribution in [2.75, 3.05) is 13.7 Å². The van der Waals surface area contributed by atoms with Crippen LogP contribution >= 0.6 is 0 Å². The van der Waals surface area contributed by atoms with Crippen molar-refractivity contribution in [3.8, 4) is 0 Å². The molecule has 140 valence electrons. The third-order valence-corrected chi connectivity index (χ3v) is 3.62. The molecule has 2 aliphatic rings. The van der Waals surface area contributed by atoms with E-state index in [9.17, 15) is 19.5 Å². The lowest BCUT2D eigenvalue weighted by Gasteiger charge is -2.26. The summed E-state index contributed by atoms with van der Waals surface area (Å²) in [6.45, 7) is -0.0156. The average molecular weight is 357 g/mol. The van der Waals surface area contributed by atoms with E-state index in [0.29, 0.717) is 25.5 Å². The molecule has 1 saturated heterocycles. The lowest BCUT2D eigenvalue weighted by molar-refractivity contribution is -0.159. The van der Waals surface area contributed by atoms with Crippen LogP contribution in [0.15, 0.2) is 24.0 Å². The Balaban J connectivity index is 0.00000151. The van der Waals surface area contributed by atoms with Gasteiger partial charge in [-0.2, -0.15) is 0 Å². The van der Waals surface area contributed by atoms with Gasteiger partial charge in [-0.3, -0.25) is 0 Å². The number of rotatable bonds is 7. The van der Waals surface area contributed by atoms with E-state index in [0.717, 1.165) is 7.11 Å². The summed E-state index contributed by atoms with van der Waals surface area (Å²) < 4.78 is 10.6. The van der Waals surface area contributed by atoms with Crippen LogP contribution in [-0.2, 0) is 23.9 Å². The van der Waals surface area contributed by atoms with Crippen molar-refractivity contribution in [1.82, 2.24) is 4.90 Å². The van der Waals surface area contributed by atoms with E-state index < -0.39 is 18.0 Å². The molecule has 0 aromatic heterocycles. The topological polar surface area (TPSA) is 134 Å². The van der Waals surface area contributed by atoms with Crippen molar-refractivity contribution >= 4 is 18.2 Å². The van der Waals surface area contributed by atoms with Crippen molar-refractivity contribution in [2.24, 2.45) is 0 Å². The molecule has 3 N–H and O–H groups in total. The molecule has 0 aromatic carbocycles. The van der Waals surface area contributed by atoms with E-state index in [1.54, 1.807) is 17.2 Å². The molecule has 0 aliphatic carbocycles. The molecule has 3 unspecified atom stereocenters. The minimum absolute atomic E-state index is 0.0156. The van der Waals surface area contributed by atoms with Gasteiger partial charge >= 0.3 is 11.9 Å². The Labute approximate surface area is 145 Å². The van der Waals surface area contributed by atoms with E-state index in [-0.39, 0.29) is 30.9 Å². The maximum Gasteiger partial charge on any atom is 0.335 e. The first-order valence-corrected chi connectivity index (χ1v) is 7.78. The maximum absolute atomic E-state index is 11.4. The number of carbonyl (C=O) groups excluding carboxylic acids is 2. The first-order chi connectivity index (χ1) is 12.0. The van der Waals surface area contributed by atoms with E-state index in [1.165, 1.54) is 6.20 Å². The summed E-state index contributed by atoms with van der Waals surface area (Å²) >= 11 is 0. The fourth-order valence-corrected chi connectivity index (χ4v) is 2.39. The smallest absolute Gasteiger partial charge is 0.335 e. The number of hydrogen-bond acceptors (Lipinski definition) is 8. The van der Waals surface area contributed by atoms with Crippen molar-refractivity contribution in [3.05, 3.63) is 24.0 Å². The molecule has 9 nitrogen and oxygen atoms in total. The average Bonchev–Trinajstić information content (AvgIpc) is 3.10. The molecule has 9 heteroatoms. The highest BCUT2D eigenvalue weighted by Crippen LogP contribution is 2.26. The predicted octanol–water partition coefficient (Wildman–Crippen LogP) is -0.219. The van der Waals surface area contributed by atoms with Crippen LogP contribution in [0.25, 0.3) is 0 Å². The monoisotopic (exact) mass is 357 g/mol. The van der Waals surface area contributed by atoms with Crippen molar-refractivity contribution in [1.29, 1.82) is 0 Å². The number of carboxylic acid groups (broad SMARTS) is 1. The second-order valence-electron chi connectivity index (χ2n) is 5.33. The van der Waals surface area contributed by atoms with E-state index in [4.69, 9.17) is 19.7 Å². The number of allylic oxidation sites excluding steroid dienone is 1. The third-order valence-electron chi connectivity index (χ3n) is 3.62. The van der Waals surface area contributed by atoms with E-state index in [1.807, 2.05) is 0 Å². The van der Waals surface area contributed by atoms with Crippen LogP contribution in [-0.4, -0.2) is 70.6 Å². The van der Waals surface area contributed by atoms with Gasteiger partial charge in [-0.15, -0.1) is 0 Å². The quantitative estimate of drug-likeness (QED) is 0.417. The molecule has 0 aromatic rings. The molecule has 2 heterocycles. The second kappa shape index (κ2) is 10.6. The predicted molar refractivity (Wildman–Crippen MR) is 85.0 cm³/mol. The summed E-state index contributed by atoms with van der Waals surface area (Å²) in [5.74, 6) is -1.82. The number of hydrogen-bond donors (Lipinski definition) is 3. The summed E-state index contributed by atoms with van der Waals surface area (Å²) in [5.41, 5.74) is 0.281. The molecule has 0 bridgehead atoms. The molecule has 2 aliphatic heterocycles. The van der Waals surface area contributed by atoms with Gasteiger partial charge in [0.25, 0.3) is 0 Å². The van der Waals surface area contributed by atoms with Gasteiger partial charge < -0.3 is 34.5 Å². The number of nitrogens with zero attached hydrogens (tertiary/aromatic N) is 1. The molecular weight excluding hydrogens is 334 g/mol. The molecular formula is C16H23NO8. The highest BCUT2D eigenvalue weighted by atomic mass is 16.6. The Morgan fingerprint density at radius 3 is 2.80 bits per heavy atom. The number of carbonyl (C=O) groups is 3. The van der Waals surface area contributed by atoms with Gasteiger partial charge in [0.2, 0.25) is 0 Å². The molecule has 0 saturated carbocycles. The van der Waals surface area contributed by atoms with Gasteiger partial charge in [0.05, 0.1) is 11.7 Å². The summed E-state index contributed by atoms with van der Waals surface area (Å²) in [4.78, 5) is 34.3. The maximum atomic E-state index is 11.4. The van der Waals surface area contributed by atoms with Gasteiger partial charge in [0.15, 0.2) is 6.10 Å². The van der Waals surface area contributed by atoms with Gasteiger partial charge in [-0.1, -0.05) is 6.08 Å². The normalized spacial score (nSPS) is 23.2. The van der Waals surface area contributed by atoms with Crippen LogP contribution < -0.4 is 0 Å². The van der Waals surface area contributed by atoms with Crippen molar-refractivity contribution in [3.63, 3.8) is 0 Å². The first kappa shape index (κ1) is 20.8. The molecule has 0 spiro atoms. The van der Waals surface area contributed by atoms with Crippen LogP contribution in [0.3, 0.4) is 0 Å². The standard InChI is InChI=1S/C15H19NO7.CH4O/c17-7-5-12(18)15(21)22-9-11-3-4-13(23-11)16-6-1-2-10(8-16)14(19)20;1-2/h1,6-8,11-13,18H,2-5,9H2,(H,19,20);2H,1H3. The first-order valence-electron chi connectivity index (χ1n) is 7.78. The Kier molecular flexibility index (Phi) is 8.82. The number of carboxylic acids is 1. The fraction of sp³-hybridized carbons (Fsp3) is 0.562. The van der Waals surface area contributed by atoms with E-state index in [2.05, 4.69) is 0 Å². The third kappa shape index (κ3) is 6.29. The van der Waals surface area contributed by atoms with E-state index >= 15 is 0 Å². The molecule has 0 amide bonds. The highest BCUT2D eigenvalue weighted by molar-refractivity contribution is 5.87. The van der Waals surface area contributed by atoms with Crippen molar-refractivity contribution in [2.45, 2.75) is 44.1 Å². The Morgan fingerprint density at radius 2 is 2.16 bits per heavy atom.